The predicted octanol–water partition coefficient (Wildman–Crippen LogP) is 3.76. The van der Waals surface area contributed by atoms with E-state index in [0.717, 1.165) is 36.9 Å². The van der Waals surface area contributed by atoms with Gasteiger partial charge in [0.25, 0.3) is 0 Å². The summed E-state index contributed by atoms with van der Waals surface area (Å²) in [6.45, 7) is 6.50. The topological polar surface area (TPSA) is 46.6 Å². The van der Waals surface area contributed by atoms with Gasteiger partial charge >= 0.3 is 0 Å². The number of nitrogens with zero attached hydrogens (tertiary/aromatic N) is 1. The van der Waals surface area contributed by atoms with E-state index in [1.807, 2.05) is 0 Å². The van der Waals surface area contributed by atoms with Crippen molar-refractivity contribution in [3.8, 4) is 5.75 Å². The van der Waals surface area contributed by atoms with E-state index in [2.05, 4.69) is 18.7 Å². The number of rotatable bonds is 6. The smallest absolute Gasteiger partial charge is 0.175 e. The van der Waals surface area contributed by atoms with Crippen molar-refractivity contribution in [1.82, 2.24) is 4.90 Å². The summed E-state index contributed by atoms with van der Waals surface area (Å²) in [5.41, 5.74) is 0. The molecule has 0 bridgehead atoms. The van der Waals surface area contributed by atoms with Crippen molar-refractivity contribution in [1.29, 1.82) is 0 Å². The Hall–Kier alpha value is -1.07. The molecule has 2 aliphatic rings. The summed E-state index contributed by atoms with van der Waals surface area (Å²) in [4.78, 5) is 3.08. The van der Waals surface area contributed by atoms with Crippen LogP contribution >= 0.6 is 0 Å². The zero-order valence-corrected chi connectivity index (χ0v) is 16.5. The first-order valence-electron chi connectivity index (χ1n) is 9.51. The lowest BCUT2D eigenvalue weighted by atomic mass is 9.91. The summed E-state index contributed by atoms with van der Waals surface area (Å²) in [6, 6.07) is 8.26. The Kier molecular flexibility index (Phi) is 5.74. The molecule has 2 heterocycles. The molecule has 1 aromatic carbocycles. The number of ether oxygens (including phenoxy) is 1. The van der Waals surface area contributed by atoms with Gasteiger partial charge in [-0.3, -0.25) is 4.90 Å². The number of fused-ring (bicyclic) bond motifs is 1. The summed E-state index contributed by atoms with van der Waals surface area (Å²) in [5.74, 6) is 2.09. The van der Waals surface area contributed by atoms with Gasteiger partial charge in [0.05, 0.1) is 11.5 Å². The van der Waals surface area contributed by atoms with Crippen LogP contribution in [0.15, 0.2) is 29.2 Å². The second-order valence-corrected chi connectivity index (χ2v) is 10.2. The third kappa shape index (κ3) is 4.76. The molecule has 4 nitrogen and oxygen atoms in total. The van der Waals surface area contributed by atoms with Crippen LogP contribution in [0.25, 0.3) is 0 Å². The van der Waals surface area contributed by atoms with Crippen LogP contribution in [0.5, 0.6) is 5.75 Å². The van der Waals surface area contributed by atoms with Crippen molar-refractivity contribution in [2.75, 3.05) is 19.4 Å². The minimum Gasteiger partial charge on any atom is -0.493 e. The van der Waals surface area contributed by atoms with Crippen molar-refractivity contribution in [3.05, 3.63) is 24.3 Å². The highest BCUT2D eigenvalue weighted by Gasteiger charge is 2.38. The van der Waals surface area contributed by atoms with Crippen LogP contribution in [0.1, 0.15) is 46.0 Å². The van der Waals surface area contributed by atoms with Gasteiger partial charge in [-0.2, -0.15) is 0 Å². The van der Waals surface area contributed by atoms with Gasteiger partial charge in [0.1, 0.15) is 5.75 Å². The summed E-state index contributed by atoms with van der Waals surface area (Å²) in [5, 5.41) is 0. The van der Waals surface area contributed by atoms with Crippen molar-refractivity contribution >= 4 is 9.84 Å². The SMILES string of the molecule is CC(C)CC1CCCC2CC(COc3ccc(S(C)(=O)=O)cc3)CN12. The molecule has 25 heavy (non-hydrogen) atoms. The molecule has 140 valence electrons. The molecule has 1 aromatic rings. The molecule has 0 aromatic heterocycles. The molecule has 0 N–H and O–H groups in total. The maximum absolute atomic E-state index is 11.5. The maximum Gasteiger partial charge on any atom is 0.175 e. The molecule has 3 rings (SSSR count). The van der Waals surface area contributed by atoms with Gasteiger partial charge in [0, 0.05) is 30.8 Å². The largest absolute Gasteiger partial charge is 0.493 e. The number of benzene rings is 1. The first-order valence-corrected chi connectivity index (χ1v) is 11.4. The van der Waals surface area contributed by atoms with Gasteiger partial charge in [0.15, 0.2) is 9.84 Å². The second-order valence-electron chi connectivity index (χ2n) is 8.22. The number of hydrogen-bond acceptors (Lipinski definition) is 4. The molecule has 0 spiro atoms. The fraction of sp³-hybridized carbons (Fsp3) is 0.700. The molecule has 2 aliphatic heterocycles. The molecular weight excluding hydrogens is 334 g/mol. The van der Waals surface area contributed by atoms with Gasteiger partial charge in [0.2, 0.25) is 0 Å². The Bertz CT molecular complexity index is 669. The van der Waals surface area contributed by atoms with Crippen molar-refractivity contribution in [2.45, 2.75) is 62.9 Å². The van der Waals surface area contributed by atoms with E-state index in [4.69, 9.17) is 4.74 Å². The van der Waals surface area contributed by atoms with E-state index in [9.17, 15) is 8.42 Å². The lowest BCUT2D eigenvalue weighted by molar-refractivity contribution is 0.104. The summed E-state index contributed by atoms with van der Waals surface area (Å²) >= 11 is 0. The van der Waals surface area contributed by atoms with Crippen LogP contribution in [0.2, 0.25) is 0 Å². The third-order valence-corrected chi connectivity index (χ3v) is 6.70. The lowest BCUT2D eigenvalue weighted by Gasteiger charge is -2.38. The van der Waals surface area contributed by atoms with Crippen molar-refractivity contribution in [3.63, 3.8) is 0 Å². The zero-order valence-electron chi connectivity index (χ0n) is 15.6. The van der Waals surface area contributed by atoms with E-state index in [0.29, 0.717) is 10.8 Å². The van der Waals surface area contributed by atoms with Crippen LogP contribution in [0.4, 0.5) is 0 Å². The molecule has 3 atom stereocenters. The van der Waals surface area contributed by atoms with Gasteiger partial charge < -0.3 is 4.74 Å². The first kappa shape index (κ1) is 18.7. The Morgan fingerprint density at radius 3 is 2.56 bits per heavy atom. The quantitative estimate of drug-likeness (QED) is 0.770. The molecule has 0 saturated carbocycles. The highest BCUT2D eigenvalue weighted by molar-refractivity contribution is 7.90. The molecule has 3 unspecified atom stereocenters. The highest BCUT2D eigenvalue weighted by atomic mass is 32.2. The molecule has 0 aliphatic carbocycles. The number of hydrogen-bond donors (Lipinski definition) is 0. The highest BCUT2D eigenvalue weighted by Crippen LogP contribution is 2.36. The third-order valence-electron chi connectivity index (χ3n) is 5.57. The molecule has 5 heteroatoms. The van der Waals surface area contributed by atoms with Crippen LogP contribution in [-0.2, 0) is 9.84 Å². The average molecular weight is 366 g/mol. The molecule has 2 fully saturated rings. The number of sulfone groups is 1. The lowest BCUT2D eigenvalue weighted by Crippen LogP contribution is -2.43. The van der Waals surface area contributed by atoms with E-state index in [-0.39, 0.29) is 0 Å². The van der Waals surface area contributed by atoms with Crippen LogP contribution in [0, 0.1) is 11.8 Å². The van der Waals surface area contributed by atoms with Gasteiger partial charge in [-0.15, -0.1) is 0 Å². The van der Waals surface area contributed by atoms with Gasteiger partial charge in [-0.05, 0) is 55.9 Å². The Morgan fingerprint density at radius 2 is 1.92 bits per heavy atom. The molecule has 0 amide bonds. The number of piperidine rings is 1. The van der Waals surface area contributed by atoms with Crippen LogP contribution in [0.3, 0.4) is 0 Å². The Balaban J connectivity index is 1.54. The van der Waals surface area contributed by atoms with Crippen molar-refractivity contribution < 1.29 is 13.2 Å². The molecule has 0 radical (unpaired) electrons. The first-order chi connectivity index (χ1) is 11.8. The summed E-state index contributed by atoms with van der Waals surface area (Å²) < 4.78 is 29.0. The molecular formula is C20H31NO3S. The van der Waals surface area contributed by atoms with E-state index < -0.39 is 9.84 Å². The normalized spacial score (nSPS) is 27.4. The average Bonchev–Trinajstić information content (AvgIpc) is 2.96. The van der Waals surface area contributed by atoms with Crippen molar-refractivity contribution in [2.24, 2.45) is 11.8 Å². The minimum absolute atomic E-state index is 0.342. The fourth-order valence-electron chi connectivity index (χ4n) is 4.44. The summed E-state index contributed by atoms with van der Waals surface area (Å²) in [6.07, 6.45) is 7.79. The van der Waals surface area contributed by atoms with Gasteiger partial charge in [-0.25, -0.2) is 8.42 Å². The Labute approximate surface area is 152 Å². The maximum atomic E-state index is 11.5. The fourth-order valence-corrected chi connectivity index (χ4v) is 5.07. The minimum atomic E-state index is -3.14. The van der Waals surface area contributed by atoms with Crippen LogP contribution in [-0.4, -0.2) is 44.8 Å². The van der Waals surface area contributed by atoms with E-state index in [1.54, 1.807) is 24.3 Å². The monoisotopic (exact) mass is 365 g/mol. The summed E-state index contributed by atoms with van der Waals surface area (Å²) in [7, 11) is -3.14. The van der Waals surface area contributed by atoms with E-state index in [1.165, 1.54) is 38.4 Å². The van der Waals surface area contributed by atoms with Crippen LogP contribution < -0.4 is 4.74 Å². The van der Waals surface area contributed by atoms with E-state index >= 15 is 0 Å². The van der Waals surface area contributed by atoms with Gasteiger partial charge in [-0.1, -0.05) is 20.3 Å². The second kappa shape index (κ2) is 7.67. The molecule has 2 saturated heterocycles. The predicted molar refractivity (Wildman–Crippen MR) is 101 cm³/mol. The standard InChI is InChI=1S/C20H31NO3S/c1-15(2)11-17-5-4-6-18-12-16(13-21(17)18)14-24-19-7-9-20(10-8-19)25(3,22)23/h7-10,15-18H,4-6,11-14H2,1-3H3. The zero-order chi connectivity index (χ0) is 18.0. The Morgan fingerprint density at radius 1 is 1.20 bits per heavy atom.